The van der Waals surface area contributed by atoms with Crippen LogP contribution >= 0.6 is 22.3 Å². The molecule has 0 saturated heterocycles. The molecule has 0 atom stereocenters. The lowest BCUT2D eigenvalue weighted by molar-refractivity contribution is 0.608. The van der Waals surface area contributed by atoms with E-state index in [9.17, 15) is 8.42 Å². The van der Waals surface area contributed by atoms with Gasteiger partial charge in [-0.05, 0) is 26.7 Å². The first-order chi connectivity index (χ1) is 9.77. The number of nitrogens with zero attached hydrogens (tertiary/aromatic N) is 4. The number of rotatable bonds is 3. The molecule has 0 radical (unpaired) electrons. The van der Waals surface area contributed by atoms with E-state index in [1.165, 1.54) is 4.68 Å². The largest absolute Gasteiger partial charge is 0.266 e. The summed E-state index contributed by atoms with van der Waals surface area (Å²) < 4.78 is 24.9. The van der Waals surface area contributed by atoms with Gasteiger partial charge in [0.1, 0.15) is 10.7 Å². The Bertz CT molecular complexity index is 808. The SMILES string of the molecule is Cc1cc(-n2nc(C3CC3)c(S(=O)(=O)Cl)c2Cl)nc(C)n1. The average Bonchev–Trinajstić information content (AvgIpc) is 3.10. The molecule has 1 aliphatic rings. The molecule has 2 aromatic rings. The topological polar surface area (TPSA) is 77.7 Å². The third-order valence-electron chi connectivity index (χ3n) is 3.19. The summed E-state index contributed by atoms with van der Waals surface area (Å²) in [7, 11) is 1.54. The Morgan fingerprint density at radius 1 is 1.29 bits per heavy atom. The van der Waals surface area contributed by atoms with Crippen molar-refractivity contribution in [2.24, 2.45) is 0 Å². The third-order valence-corrected chi connectivity index (χ3v) is 5.01. The van der Waals surface area contributed by atoms with Crippen molar-refractivity contribution in [3.63, 3.8) is 0 Å². The van der Waals surface area contributed by atoms with Crippen molar-refractivity contribution >= 4 is 31.3 Å². The van der Waals surface area contributed by atoms with Gasteiger partial charge in [0.05, 0.1) is 5.69 Å². The summed E-state index contributed by atoms with van der Waals surface area (Å²) in [4.78, 5) is 8.31. The first-order valence-electron chi connectivity index (χ1n) is 6.33. The normalized spacial score (nSPS) is 15.4. The monoisotopic (exact) mass is 346 g/mol. The average molecular weight is 347 g/mol. The zero-order valence-corrected chi connectivity index (χ0v) is 13.7. The molecule has 2 heterocycles. The zero-order valence-electron chi connectivity index (χ0n) is 11.3. The Hall–Kier alpha value is -1.18. The first kappa shape index (κ1) is 14.7. The van der Waals surface area contributed by atoms with Crippen LogP contribution in [0.25, 0.3) is 5.82 Å². The van der Waals surface area contributed by atoms with Crippen LogP contribution in [0.5, 0.6) is 0 Å². The van der Waals surface area contributed by atoms with Crippen molar-refractivity contribution in [2.75, 3.05) is 0 Å². The highest BCUT2D eigenvalue weighted by atomic mass is 35.7. The summed E-state index contributed by atoms with van der Waals surface area (Å²) in [5.41, 5.74) is 1.16. The Morgan fingerprint density at radius 3 is 2.48 bits per heavy atom. The van der Waals surface area contributed by atoms with Gasteiger partial charge >= 0.3 is 0 Å². The predicted octanol–water partition coefficient (Wildman–Crippen LogP) is 2.74. The molecule has 0 spiro atoms. The molecule has 21 heavy (non-hydrogen) atoms. The van der Waals surface area contributed by atoms with Crippen molar-refractivity contribution in [1.82, 2.24) is 19.7 Å². The van der Waals surface area contributed by atoms with E-state index in [1.54, 1.807) is 13.0 Å². The fourth-order valence-electron chi connectivity index (χ4n) is 2.21. The van der Waals surface area contributed by atoms with Gasteiger partial charge in [-0.2, -0.15) is 5.10 Å². The minimum Gasteiger partial charge on any atom is -0.238 e. The van der Waals surface area contributed by atoms with E-state index in [4.69, 9.17) is 22.3 Å². The molecule has 112 valence electrons. The van der Waals surface area contributed by atoms with Gasteiger partial charge in [0.25, 0.3) is 9.05 Å². The zero-order chi connectivity index (χ0) is 15.4. The quantitative estimate of drug-likeness (QED) is 0.798. The molecule has 0 aromatic carbocycles. The van der Waals surface area contributed by atoms with E-state index in [2.05, 4.69) is 15.1 Å². The lowest BCUT2D eigenvalue weighted by atomic mass is 10.3. The van der Waals surface area contributed by atoms with Gasteiger partial charge in [0.15, 0.2) is 11.0 Å². The Kier molecular flexibility index (Phi) is 3.46. The molecule has 1 fully saturated rings. The van der Waals surface area contributed by atoms with Crippen molar-refractivity contribution < 1.29 is 8.42 Å². The second kappa shape index (κ2) is 4.93. The van der Waals surface area contributed by atoms with Gasteiger partial charge in [-0.1, -0.05) is 11.6 Å². The Balaban J connectivity index is 2.24. The van der Waals surface area contributed by atoms with E-state index in [0.29, 0.717) is 17.3 Å². The van der Waals surface area contributed by atoms with E-state index in [1.807, 2.05) is 6.92 Å². The summed E-state index contributed by atoms with van der Waals surface area (Å²) in [6.45, 7) is 3.56. The molecule has 3 rings (SSSR count). The highest BCUT2D eigenvalue weighted by molar-refractivity contribution is 8.13. The molecule has 9 heteroatoms. The minimum atomic E-state index is -3.96. The summed E-state index contributed by atoms with van der Waals surface area (Å²) in [6.07, 6.45) is 1.77. The lowest BCUT2D eigenvalue weighted by Crippen LogP contribution is -2.04. The van der Waals surface area contributed by atoms with Crippen LogP contribution in [0.3, 0.4) is 0 Å². The van der Waals surface area contributed by atoms with Crippen molar-refractivity contribution in [3.05, 3.63) is 28.4 Å². The van der Waals surface area contributed by atoms with Crippen molar-refractivity contribution in [1.29, 1.82) is 0 Å². The molecule has 6 nitrogen and oxygen atoms in total. The number of aryl methyl sites for hydroxylation is 2. The number of hydrogen-bond donors (Lipinski definition) is 0. The van der Waals surface area contributed by atoms with Gasteiger partial charge in [-0.25, -0.2) is 23.1 Å². The van der Waals surface area contributed by atoms with Crippen LogP contribution < -0.4 is 0 Å². The van der Waals surface area contributed by atoms with Crippen LogP contribution in [0, 0.1) is 13.8 Å². The fraction of sp³-hybridized carbons (Fsp3) is 0.417. The molecule has 0 bridgehead atoms. The molecule has 0 N–H and O–H groups in total. The summed E-state index contributed by atoms with van der Waals surface area (Å²) in [5.74, 6) is 1.08. The van der Waals surface area contributed by atoms with Crippen molar-refractivity contribution in [2.45, 2.75) is 37.5 Å². The van der Waals surface area contributed by atoms with Crippen LogP contribution in [-0.4, -0.2) is 28.2 Å². The number of hydrogen-bond acceptors (Lipinski definition) is 5. The minimum absolute atomic E-state index is 0.0376. The molecule has 2 aromatic heterocycles. The van der Waals surface area contributed by atoms with Gasteiger partial charge < -0.3 is 0 Å². The smallest absolute Gasteiger partial charge is 0.238 e. The lowest BCUT2D eigenvalue weighted by Gasteiger charge is -2.04. The fourth-order valence-corrected chi connectivity index (χ4v) is 4.05. The maximum absolute atomic E-state index is 11.8. The standard InChI is InChI=1S/C12H12Cl2N4O2S/c1-6-5-9(16-7(2)15-6)18-12(13)11(21(14,19)20)10(17-18)8-3-4-8/h5,8H,3-4H2,1-2H3. The van der Waals surface area contributed by atoms with Crippen LogP contribution in [0.4, 0.5) is 0 Å². The van der Waals surface area contributed by atoms with Gasteiger partial charge in [0, 0.05) is 28.4 Å². The van der Waals surface area contributed by atoms with Gasteiger partial charge in [-0.3, -0.25) is 0 Å². The van der Waals surface area contributed by atoms with E-state index in [0.717, 1.165) is 18.5 Å². The molecule has 1 saturated carbocycles. The maximum atomic E-state index is 11.8. The summed E-state index contributed by atoms with van der Waals surface area (Å²) >= 11 is 6.20. The first-order valence-corrected chi connectivity index (χ1v) is 9.02. The third kappa shape index (κ3) is 2.77. The van der Waals surface area contributed by atoms with Crippen LogP contribution in [0.15, 0.2) is 11.0 Å². The molecule has 0 aliphatic heterocycles. The molecular formula is C12H12Cl2N4O2S. The van der Waals surface area contributed by atoms with Gasteiger partial charge in [-0.15, -0.1) is 0 Å². The van der Waals surface area contributed by atoms with E-state index < -0.39 is 9.05 Å². The highest BCUT2D eigenvalue weighted by Gasteiger charge is 2.36. The van der Waals surface area contributed by atoms with Crippen LogP contribution in [0.1, 0.15) is 36.0 Å². The Morgan fingerprint density at radius 2 is 1.95 bits per heavy atom. The Labute approximate surface area is 131 Å². The summed E-state index contributed by atoms with van der Waals surface area (Å²) in [6, 6.07) is 1.69. The molecule has 1 aliphatic carbocycles. The predicted molar refractivity (Wildman–Crippen MR) is 78.7 cm³/mol. The van der Waals surface area contributed by atoms with E-state index >= 15 is 0 Å². The highest BCUT2D eigenvalue weighted by Crippen LogP contribution is 2.45. The molecule has 0 unspecified atom stereocenters. The van der Waals surface area contributed by atoms with Crippen molar-refractivity contribution in [3.8, 4) is 5.82 Å². The van der Waals surface area contributed by atoms with E-state index in [-0.39, 0.29) is 16.0 Å². The maximum Gasteiger partial charge on any atom is 0.266 e. The molecule has 0 amide bonds. The number of aromatic nitrogens is 4. The van der Waals surface area contributed by atoms with Crippen LogP contribution in [0.2, 0.25) is 5.15 Å². The van der Waals surface area contributed by atoms with Crippen LogP contribution in [-0.2, 0) is 9.05 Å². The number of halogens is 2. The summed E-state index contributed by atoms with van der Waals surface area (Å²) in [5, 5.41) is 4.28. The molecular weight excluding hydrogens is 335 g/mol. The second-order valence-electron chi connectivity index (χ2n) is 5.04. The second-order valence-corrected chi connectivity index (χ2v) is 7.90. The van der Waals surface area contributed by atoms with Gasteiger partial charge in [0.2, 0.25) is 0 Å².